The van der Waals surface area contributed by atoms with Crippen LogP contribution in [0.5, 0.6) is 0 Å². The highest BCUT2D eigenvalue weighted by Gasteiger charge is 2.21. The summed E-state index contributed by atoms with van der Waals surface area (Å²) in [6.07, 6.45) is 3.14. The normalized spacial score (nSPS) is 14.2. The molecule has 1 aliphatic rings. The van der Waals surface area contributed by atoms with E-state index in [1.54, 1.807) is 0 Å². The highest BCUT2D eigenvalue weighted by atomic mass is 15.2. The highest BCUT2D eigenvalue weighted by molar-refractivity contribution is 5.95. The van der Waals surface area contributed by atoms with E-state index in [2.05, 4.69) is 33.1 Å². The number of aromatic nitrogens is 3. The zero-order valence-corrected chi connectivity index (χ0v) is 11.2. The van der Waals surface area contributed by atoms with E-state index in [4.69, 9.17) is 10.7 Å². The van der Waals surface area contributed by atoms with Crippen molar-refractivity contribution in [2.45, 2.75) is 19.5 Å². The van der Waals surface area contributed by atoms with Crippen LogP contribution in [0.1, 0.15) is 12.1 Å². The third kappa shape index (κ3) is 1.56. The van der Waals surface area contributed by atoms with Gasteiger partial charge in [0.25, 0.3) is 0 Å². The van der Waals surface area contributed by atoms with Crippen LogP contribution >= 0.6 is 0 Å². The summed E-state index contributed by atoms with van der Waals surface area (Å²) in [7, 11) is 0. The van der Waals surface area contributed by atoms with E-state index in [0.717, 1.165) is 47.9 Å². The van der Waals surface area contributed by atoms with Gasteiger partial charge in [-0.25, -0.2) is 4.98 Å². The third-order valence-electron chi connectivity index (χ3n) is 3.95. The number of benzene rings is 1. The molecule has 5 heteroatoms. The molecule has 102 valence electrons. The topological polar surface area (TPSA) is 71.7 Å². The van der Waals surface area contributed by atoms with E-state index in [9.17, 15) is 0 Å². The fourth-order valence-electron chi connectivity index (χ4n) is 2.99. The first-order valence-corrected chi connectivity index (χ1v) is 6.98. The molecule has 4 rings (SSSR count). The number of aromatic amines is 1. The maximum atomic E-state index is 5.97. The van der Waals surface area contributed by atoms with Crippen molar-refractivity contribution < 1.29 is 0 Å². The van der Waals surface area contributed by atoms with E-state index in [1.165, 1.54) is 5.39 Å². The second-order valence-electron chi connectivity index (χ2n) is 5.11. The van der Waals surface area contributed by atoms with Crippen molar-refractivity contribution >= 4 is 16.9 Å². The molecule has 3 heterocycles. The van der Waals surface area contributed by atoms with Crippen LogP contribution in [0.15, 0.2) is 30.5 Å². The number of rotatable bonds is 2. The van der Waals surface area contributed by atoms with Crippen LogP contribution in [0.3, 0.4) is 0 Å². The summed E-state index contributed by atoms with van der Waals surface area (Å²) >= 11 is 0. The number of nitrogens with zero attached hydrogens (tertiary/aromatic N) is 2. The fourth-order valence-corrected chi connectivity index (χ4v) is 2.99. The number of para-hydroxylation sites is 1. The molecule has 1 aromatic carbocycles. The Hall–Kier alpha value is -2.27. The molecular formula is C15H17N5. The minimum atomic E-state index is 0.503. The Morgan fingerprint density at radius 3 is 3.10 bits per heavy atom. The lowest BCUT2D eigenvalue weighted by Gasteiger charge is -2.17. The lowest BCUT2D eigenvalue weighted by Crippen LogP contribution is -2.19. The summed E-state index contributed by atoms with van der Waals surface area (Å²) in [5.74, 6) is 0.942. The van der Waals surface area contributed by atoms with Gasteiger partial charge in [-0.3, -0.25) is 0 Å². The van der Waals surface area contributed by atoms with Crippen LogP contribution in [0.4, 0.5) is 5.95 Å². The van der Waals surface area contributed by atoms with Crippen molar-refractivity contribution in [3.05, 3.63) is 36.2 Å². The molecule has 0 bridgehead atoms. The fraction of sp³-hybridized carbons (Fsp3) is 0.267. The molecule has 0 amide bonds. The summed E-state index contributed by atoms with van der Waals surface area (Å²) in [5, 5.41) is 4.55. The first-order valence-electron chi connectivity index (χ1n) is 6.98. The summed E-state index contributed by atoms with van der Waals surface area (Å²) in [5.41, 5.74) is 10.3. The van der Waals surface area contributed by atoms with Gasteiger partial charge in [0.1, 0.15) is 0 Å². The number of nitrogens with one attached hydrogen (secondary N) is 2. The molecule has 0 unspecified atom stereocenters. The monoisotopic (exact) mass is 267 g/mol. The molecule has 1 aliphatic heterocycles. The highest BCUT2D eigenvalue weighted by Crippen LogP contribution is 2.33. The van der Waals surface area contributed by atoms with Gasteiger partial charge in [-0.1, -0.05) is 18.2 Å². The number of imidazole rings is 1. The SMILES string of the molecule is NCc1c(-c2c[nH]c3ccccc23)nc2n1CCCN2. The minimum Gasteiger partial charge on any atom is -0.360 e. The van der Waals surface area contributed by atoms with Gasteiger partial charge in [0.15, 0.2) is 0 Å². The van der Waals surface area contributed by atoms with E-state index >= 15 is 0 Å². The second-order valence-corrected chi connectivity index (χ2v) is 5.11. The third-order valence-corrected chi connectivity index (χ3v) is 3.95. The predicted octanol–water partition coefficient (Wildman–Crippen LogP) is 2.31. The Balaban J connectivity index is 1.96. The van der Waals surface area contributed by atoms with E-state index < -0.39 is 0 Å². The van der Waals surface area contributed by atoms with Crippen molar-refractivity contribution in [3.8, 4) is 11.3 Å². The molecule has 2 aromatic heterocycles. The number of nitrogens with two attached hydrogens (primary N) is 1. The van der Waals surface area contributed by atoms with Gasteiger partial charge in [-0.15, -0.1) is 0 Å². The van der Waals surface area contributed by atoms with Gasteiger partial charge < -0.3 is 20.6 Å². The minimum absolute atomic E-state index is 0.503. The van der Waals surface area contributed by atoms with Crippen LogP contribution in [0, 0.1) is 0 Å². The van der Waals surface area contributed by atoms with Crippen molar-refractivity contribution in [1.82, 2.24) is 14.5 Å². The molecule has 5 nitrogen and oxygen atoms in total. The maximum Gasteiger partial charge on any atom is 0.203 e. The molecule has 4 N–H and O–H groups in total. The zero-order valence-electron chi connectivity index (χ0n) is 11.2. The number of anilines is 1. The van der Waals surface area contributed by atoms with E-state index in [1.807, 2.05) is 12.3 Å². The van der Waals surface area contributed by atoms with Gasteiger partial charge in [0, 0.05) is 42.3 Å². The Kier molecular flexibility index (Phi) is 2.53. The molecular weight excluding hydrogens is 250 g/mol. The van der Waals surface area contributed by atoms with Crippen molar-refractivity contribution in [2.75, 3.05) is 11.9 Å². The number of fused-ring (bicyclic) bond motifs is 2. The standard InChI is InChI=1S/C15H17N5/c16-8-13-14(19-15-17-6-3-7-20(13)15)11-9-18-12-5-2-1-4-10(11)12/h1-2,4-5,9,18H,3,6-8,16H2,(H,17,19). The number of hydrogen-bond acceptors (Lipinski definition) is 3. The van der Waals surface area contributed by atoms with Crippen molar-refractivity contribution in [3.63, 3.8) is 0 Å². The molecule has 0 spiro atoms. The van der Waals surface area contributed by atoms with Crippen LogP contribution < -0.4 is 11.1 Å². The van der Waals surface area contributed by atoms with Gasteiger partial charge in [0.2, 0.25) is 5.95 Å². The first-order chi connectivity index (χ1) is 9.88. The average molecular weight is 267 g/mol. The second kappa shape index (κ2) is 4.38. The maximum absolute atomic E-state index is 5.97. The largest absolute Gasteiger partial charge is 0.360 e. The van der Waals surface area contributed by atoms with Crippen molar-refractivity contribution in [2.24, 2.45) is 5.73 Å². The summed E-state index contributed by atoms with van der Waals surface area (Å²) in [6.45, 7) is 2.47. The Morgan fingerprint density at radius 2 is 2.20 bits per heavy atom. The molecule has 0 atom stereocenters. The molecule has 0 saturated carbocycles. The molecule has 20 heavy (non-hydrogen) atoms. The molecule has 0 aliphatic carbocycles. The van der Waals surface area contributed by atoms with E-state index in [0.29, 0.717) is 6.54 Å². The smallest absolute Gasteiger partial charge is 0.203 e. The summed E-state index contributed by atoms with van der Waals surface area (Å²) < 4.78 is 2.21. The lowest BCUT2D eigenvalue weighted by molar-refractivity contribution is 0.604. The average Bonchev–Trinajstić information content (AvgIpc) is 3.07. The van der Waals surface area contributed by atoms with Gasteiger partial charge in [-0.2, -0.15) is 0 Å². The zero-order chi connectivity index (χ0) is 13.5. The number of H-pyrrole nitrogens is 1. The van der Waals surface area contributed by atoms with Crippen molar-refractivity contribution in [1.29, 1.82) is 0 Å². The molecule has 0 saturated heterocycles. The van der Waals surface area contributed by atoms with Gasteiger partial charge in [-0.05, 0) is 12.5 Å². The molecule has 3 aromatic rings. The first kappa shape index (κ1) is 11.5. The quantitative estimate of drug-likeness (QED) is 0.667. The van der Waals surface area contributed by atoms with Gasteiger partial charge >= 0.3 is 0 Å². The van der Waals surface area contributed by atoms with Gasteiger partial charge in [0.05, 0.1) is 11.4 Å². The Morgan fingerprint density at radius 1 is 1.30 bits per heavy atom. The van der Waals surface area contributed by atoms with Crippen LogP contribution in [0.25, 0.3) is 22.2 Å². The molecule has 0 fully saturated rings. The van der Waals surface area contributed by atoms with E-state index in [-0.39, 0.29) is 0 Å². The number of hydrogen-bond donors (Lipinski definition) is 3. The van der Waals surface area contributed by atoms with Crippen LogP contribution in [0.2, 0.25) is 0 Å². The Labute approximate surface area is 116 Å². The Bertz CT molecular complexity index is 768. The lowest BCUT2D eigenvalue weighted by atomic mass is 10.1. The summed E-state index contributed by atoms with van der Waals surface area (Å²) in [6, 6.07) is 8.28. The van der Waals surface area contributed by atoms with Crippen LogP contribution in [-0.2, 0) is 13.1 Å². The van der Waals surface area contributed by atoms with Crippen LogP contribution in [-0.4, -0.2) is 21.1 Å². The predicted molar refractivity (Wildman–Crippen MR) is 80.5 cm³/mol. The summed E-state index contributed by atoms with van der Waals surface area (Å²) in [4.78, 5) is 8.07. The molecule has 0 radical (unpaired) electrons.